The maximum absolute atomic E-state index is 12.9. The molecule has 0 atom stereocenters. The molecule has 0 unspecified atom stereocenters. The van der Waals surface area contributed by atoms with Crippen molar-refractivity contribution in [2.24, 2.45) is 5.73 Å². The molecular weight excluding hydrogens is 334 g/mol. The number of hydrogen-bond donors (Lipinski definition) is 2. The van der Waals surface area contributed by atoms with E-state index in [4.69, 9.17) is 15.9 Å². The van der Waals surface area contributed by atoms with Gasteiger partial charge >= 0.3 is 0 Å². The van der Waals surface area contributed by atoms with Crippen LogP contribution in [0.25, 0.3) is 16.7 Å². The van der Waals surface area contributed by atoms with Crippen molar-refractivity contribution in [2.75, 3.05) is 13.2 Å². The molecule has 0 saturated carbocycles. The number of rotatable bonds is 6. The molecular formula is C18H21N5O3. The molecule has 0 saturated heterocycles. The lowest BCUT2D eigenvalue weighted by atomic mass is 10.2. The fourth-order valence-corrected chi connectivity index (χ4v) is 2.97. The molecule has 0 aromatic carbocycles. The third-order valence-corrected chi connectivity index (χ3v) is 4.27. The first-order valence-corrected chi connectivity index (χ1v) is 8.43. The summed E-state index contributed by atoms with van der Waals surface area (Å²) in [5.74, 6) is -0.746. The summed E-state index contributed by atoms with van der Waals surface area (Å²) in [7, 11) is 0. The zero-order chi connectivity index (χ0) is 18.8. The van der Waals surface area contributed by atoms with E-state index in [1.54, 1.807) is 16.8 Å². The summed E-state index contributed by atoms with van der Waals surface area (Å²) in [5.41, 5.74) is 6.80. The standard InChI is InChI=1S/C18H21N5O3/c1-3-26-9-5-8-22-14(19)12(15(20)24)10-13-17(22)21-16-11(2)6-4-7-23(16)18(13)25/h4,6-7,10,19H,3,5,8-9H2,1-2H3,(H2,20,24). The molecule has 8 nitrogen and oxygen atoms in total. The smallest absolute Gasteiger partial charge is 0.267 e. The highest BCUT2D eigenvalue weighted by Crippen LogP contribution is 2.13. The fraction of sp³-hybridized carbons (Fsp3) is 0.333. The van der Waals surface area contributed by atoms with E-state index in [2.05, 4.69) is 4.98 Å². The van der Waals surface area contributed by atoms with E-state index in [1.165, 1.54) is 10.5 Å². The molecule has 0 spiro atoms. The van der Waals surface area contributed by atoms with Gasteiger partial charge in [0.2, 0.25) is 0 Å². The van der Waals surface area contributed by atoms with Crippen molar-refractivity contribution in [3.05, 3.63) is 51.4 Å². The Kier molecular flexibility index (Phi) is 4.85. The lowest BCUT2D eigenvalue weighted by Gasteiger charge is -2.14. The molecule has 136 valence electrons. The molecule has 0 aliphatic heterocycles. The van der Waals surface area contributed by atoms with Gasteiger partial charge in [-0.15, -0.1) is 0 Å². The number of primary amides is 1. The number of amides is 1. The van der Waals surface area contributed by atoms with Crippen LogP contribution in [0.1, 0.15) is 29.3 Å². The van der Waals surface area contributed by atoms with E-state index in [0.29, 0.717) is 37.5 Å². The number of ether oxygens (including phenoxy) is 1. The molecule has 3 aromatic heterocycles. The first-order valence-electron chi connectivity index (χ1n) is 8.43. The Hall–Kier alpha value is -3.00. The Labute approximate surface area is 149 Å². The Morgan fingerprint density at radius 1 is 1.38 bits per heavy atom. The number of pyridine rings is 2. The van der Waals surface area contributed by atoms with Crippen LogP contribution in [0.3, 0.4) is 0 Å². The second-order valence-electron chi connectivity index (χ2n) is 6.01. The predicted molar refractivity (Wildman–Crippen MR) is 97.2 cm³/mol. The lowest BCUT2D eigenvalue weighted by molar-refractivity contribution is 0.0998. The van der Waals surface area contributed by atoms with Gasteiger partial charge < -0.3 is 15.0 Å². The molecule has 3 rings (SSSR count). The zero-order valence-electron chi connectivity index (χ0n) is 14.8. The van der Waals surface area contributed by atoms with E-state index in [-0.39, 0.29) is 22.0 Å². The summed E-state index contributed by atoms with van der Waals surface area (Å²) in [6.45, 7) is 5.28. The maximum Gasteiger partial charge on any atom is 0.267 e. The number of nitrogens with zero attached hydrogens (tertiary/aromatic N) is 3. The molecule has 0 radical (unpaired) electrons. The lowest BCUT2D eigenvalue weighted by Crippen LogP contribution is -2.32. The Balaban J connectivity index is 2.34. The van der Waals surface area contributed by atoms with Gasteiger partial charge in [-0.1, -0.05) is 6.07 Å². The minimum atomic E-state index is -0.746. The third-order valence-electron chi connectivity index (χ3n) is 4.27. The topological polar surface area (TPSA) is 115 Å². The molecule has 26 heavy (non-hydrogen) atoms. The van der Waals surface area contributed by atoms with Gasteiger partial charge in [0.25, 0.3) is 11.5 Å². The van der Waals surface area contributed by atoms with E-state index in [9.17, 15) is 9.59 Å². The van der Waals surface area contributed by atoms with Crippen molar-refractivity contribution in [1.29, 1.82) is 5.41 Å². The number of carbonyl (C=O) groups is 1. The van der Waals surface area contributed by atoms with Crippen LogP contribution in [-0.2, 0) is 11.3 Å². The minimum Gasteiger partial charge on any atom is -0.382 e. The molecule has 1 amide bonds. The molecule has 8 heteroatoms. The van der Waals surface area contributed by atoms with Crippen LogP contribution >= 0.6 is 0 Å². The van der Waals surface area contributed by atoms with Crippen molar-refractivity contribution in [3.8, 4) is 0 Å². The maximum atomic E-state index is 12.9. The summed E-state index contributed by atoms with van der Waals surface area (Å²) < 4.78 is 8.34. The van der Waals surface area contributed by atoms with Gasteiger partial charge in [-0.2, -0.15) is 0 Å². The van der Waals surface area contributed by atoms with Crippen LogP contribution in [0.4, 0.5) is 0 Å². The second kappa shape index (κ2) is 7.09. The highest BCUT2D eigenvalue weighted by atomic mass is 16.5. The van der Waals surface area contributed by atoms with Gasteiger partial charge in [-0.3, -0.25) is 19.4 Å². The SMILES string of the molecule is CCOCCCn1c(=N)c(C(N)=O)cc2c(=O)n3cccc(C)c3nc21. The zero-order valence-corrected chi connectivity index (χ0v) is 14.8. The molecule has 0 bridgehead atoms. The van der Waals surface area contributed by atoms with Gasteiger partial charge in [-0.25, -0.2) is 4.98 Å². The molecule has 3 aromatic rings. The van der Waals surface area contributed by atoms with Crippen LogP contribution in [0.2, 0.25) is 0 Å². The normalized spacial score (nSPS) is 11.3. The summed E-state index contributed by atoms with van der Waals surface area (Å²) >= 11 is 0. The van der Waals surface area contributed by atoms with Gasteiger partial charge in [0, 0.05) is 26.0 Å². The van der Waals surface area contributed by atoms with Crippen molar-refractivity contribution in [2.45, 2.75) is 26.8 Å². The summed E-state index contributed by atoms with van der Waals surface area (Å²) in [5, 5.41) is 8.60. The van der Waals surface area contributed by atoms with E-state index >= 15 is 0 Å². The molecule has 3 N–H and O–H groups in total. The summed E-state index contributed by atoms with van der Waals surface area (Å²) in [6, 6.07) is 5.00. The number of carbonyl (C=O) groups excluding carboxylic acids is 1. The van der Waals surface area contributed by atoms with Crippen molar-refractivity contribution in [1.82, 2.24) is 14.0 Å². The van der Waals surface area contributed by atoms with Gasteiger partial charge in [0.15, 0.2) is 0 Å². The average Bonchev–Trinajstić information content (AvgIpc) is 2.61. The average molecular weight is 355 g/mol. The molecule has 0 aliphatic rings. The van der Waals surface area contributed by atoms with Crippen LogP contribution in [0.15, 0.2) is 29.2 Å². The summed E-state index contributed by atoms with van der Waals surface area (Å²) in [4.78, 5) is 29.3. The van der Waals surface area contributed by atoms with Crippen molar-refractivity contribution in [3.63, 3.8) is 0 Å². The number of nitrogens with one attached hydrogen (secondary N) is 1. The van der Waals surface area contributed by atoms with E-state index < -0.39 is 5.91 Å². The van der Waals surface area contributed by atoms with Gasteiger partial charge in [0.05, 0.1) is 10.9 Å². The Bertz CT molecular complexity index is 1110. The summed E-state index contributed by atoms with van der Waals surface area (Å²) in [6.07, 6.45) is 2.26. The number of aromatic nitrogens is 3. The van der Waals surface area contributed by atoms with Crippen LogP contribution in [0, 0.1) is 12.3 Å². The quantitative estimate of drug-likeness (QED) is 0.506. The first kappa shape index (κ1) is 17.8. The second-order valence-corrected chi connectivity index (χ2v) is 6.01. The number of fused-ring (bicyclic) bond motifs is 2. The van der Waals surface area contributed by atoms with Gasteiger partial charge in [0.1, 0.15) is 16.8 Å². The van der Waals surface area contributed by atoms with Crippen molar-refractivity contribution < 1.29 is 9.53 Å². The number of hydrogen-bond acceptors (Lipinski definition) is 5. The van der Waals surface area contributed by atoms with Crippen LogP contribution in [-0.4, -0.2) is 33.1 Å². The molecule has 3 heterocycles. The largest absolute Gasteiger partial charge is 0.382 e. The highest BCUT2D eigenvalue weighted by molar-refractivity contribution is 5.95. The predicted octanol–water partition coefficient (Wildman–Crippen LogP) is 0.963. The fourth-order valence-electron chi connectivity index (χ4n) is 2.97. The number of aryl methyl sites for hydroxylation is 2. The molecule has 0 fully saturated rings. The monoisotopic (exact) mass is 355 g/mol. The molecule has 0 aliphatic carbocycles. The van der Waals surface area contributed by atoms with E-state index in [0.717, 1.165) is 5.56 Å². The van der Waals surface area contributed by atoms with Crippen LogP contribution < -0.4 is 16.8 Å². The third kappa shape index (κ3) is 2.99. The Morgan fingerprint density at radius 2 is 2.15 bits per heavy atom. The number of nitrogens with two attached hydrogens (primary N) is 1. The van der Waals surface area contributed by atoms with Gasteiger partial charge in [-0.05, 0) is 38.0 Å². The van der Waals surface area contributed by atoms with Crippen LogP contribution in [0.5, 0.6) is 0 Å². The first-order chi connectivity index (χ1) is 12.5. The minimum absolute atomic E-state index is 0.000382. The van der Waals surface area contributed by atoms with Crippen molar-refractivity contribution >= 4 is 22.6 Å². The van der Waals surface area contributed by atoms with E-state index in [1.807, 2.05) is 19.9 Å². The highest BCUT2D eigenvalue weighted by Gasteiger charge is 2.16. The Morgan fingerprint density at radius 3 is 2.85 bits per heavy atom.